The predicted molar refractivity (Wildman–Crippen MR) is 82.0 cm³/mol. The standard InChI is InChI=1S/C17H20F2N2O3/c18-11-3-4-12(13(19)9-11)17(5-1-2-6-17)16(23)21-7-8-24-14(10-21)15(20)22/h3-4,9,14H,1-2,5-8,10H2,(H2,20,22)/t14-/m0/s1. The Hall–Kier alpha value is -2.02. The number of rotatable bonds is 3. The molecule has 2 N–H and O–H groups in total. The summed E-state index contributed by atoms with van der Waals surface area (Å²) in [5.74, 6) is -2.23. The first-order valence-electron chi connectivity index (χ1n) is 8.10. The van der Waals surface area contributed by atoms with Crippen molar-refractivity contribution in [3.8, 4) is 0 Å². The van der Waals surface area contributed by atoms with E-state index in [0.29, 0.717) is 19.4 Å². The van der Waals surface area contributed by atoms with Crippen molar-refractivity contribution in [2.24, 2.45) is 5.73 Å². The Kier molecular flexibility index (Phi) is 4.54. The quantitative estimate of drug-likeness (QED) is 0.907. The van der Waals surface area contributed by atoms with Crippen molar-refractivity contribution in [3.63, 3.8) is 0 Å². The Morgan fingerprint density at radius 1 is 1.25 bits per heavy atom. The Balaban J connectivity index is 1.93. The van der Waals surface area contributed by atoms with Crippen molar-refractivity contribution in [2.45, 2.75) is 37.2 Å². The van der Waals surface area contributed by atoms with Crippen LogP contribution in [0.4, 0.5) is 8.78 Å². The maximum Gasteiger partial charge on any atom is 0.248 e. The zero-order chi connectivity index (χ0) is 17.3. The number of primary amides is 1. The van der Waals surface area contributed by atoms with E-state index in [9.17, 15) is 18.4 Å². The van der Waals surface area contributed by atoms with Gasteiger partial charge in [-0.05, 0) is 18.9 Å². The van der Waals surface area contributed by atoms with Gasteiger partial charge in [0.05, 0.1) is 18.6 Å². The number of morpholine rings is 1. The van der Waals surface area contributed by atoms with Gasteiger partial charge >= 0.3 is 0 Å². The van der Waals surface area contributed by atoms with Crippen LogP contribution in [0.3, 0.4) is 0 Å². The minimum absolute atomic E-state index is 0.0682. The van der Waals surface area contributed by atoms with Gasteiger partial charge in [-0.25, -0.2) is 8.78 Å². The number of carbonyl (C=O) groups excluding carboxylic acids is 2. The molecule has 1 aromatic rings. The summed E-state index contributed by atoms with van der Waals surface area (Å²) >= 11 is 0. The third-order valence-electron chi connectivity index (χ3n) is 4.98. The number of nitrogens with zero attached hydrogens (tertiary/aromatic N) is 1. The molecule has 0 radical (unpaired) electrons. The number of nitrogens with two attached hydrogens (primary N) is 1. The second kappa shape index (κ2) is 6.47. The number of halogens is 2. The number of amides is 2. The molecule has 1 heterocycles. The van der Waals surface area contributed by atoms with Crippen LogP contribution >= 0.6 is 0 Å². The molecule has 1 atom stereocenters. The van der Waals surface area contributed by atoms with E-state index < -0.39 is 29.1 Å². The lowest BCUT2D eigenvalue weighted by atomic mass is 9.77. The van der Waals surface area contributed by atoms with Gasteiger partial charge in [0.2, 0.25) is 11.8 Å². The van der Waals surface area contributed by atoms with E-state index in [-0.39, 0.29) is 24.6 Å². The normalized spacial score (nSPS) is 23.2. The third-order valence-corrected chi connectivity index (χ3v) is 4.98. The fraction of sp³-hybridized carbons (Fsp3) is 0.529. The lowest BCUT2D eigenvalue weighted by Gasteiger charge is -2.38. The highest BCUT2D eigenvalue weighted by molar-refractivity contribution is 5.89. The summed E-state index contributed by atoms with van der Waals surface area (Å²) in [6, 6.07) is 3.35. The topological polar surface area (TPSA) is 72.6 Å². The van der Waals surface area contributed by atoms with Crippen LogP contribution in [0.2, 0.25) is 0 Å². The second-order valence-electron chi connectivity index (χ2n) is 6.43. The first-order chi connectivity index (χ1) is 11.4. The van der Waals surface area contributed by atoms with Gasteiger partial charge in [-0.1, -0.05) is 18.9 Å². The van der Waals surface area contributed by atoms with Crippen LogP contribution < -0.4 is 5.73 Å². The van der Waals surface area contributed by atoms with Crippen LogP contribution in [0.25, 0.3) is 0 Å². The fourth-order valence-electron chi connectivity index (χ4n) is 3.76. The summed E-state index contributed by atoms with van der Waals surface area (Å²) in [6.45, 7) is 0.604. The highest BCUT2D eigenvalue weighted by atomic mass is 19.1. The molecule has 1 aromatic carbocycles. The summed E-state index contributed by atoms with van der Waals surface area (Å²) in [4.78, 5) is 26.0. The molecule has 0 unspecified atom stereocenters. The number of benzene rings is 1. The van der Waals surface area contributed by atoms with Gasteiger partial charge < -0.3 is 15.4 Å². The van der Waals surface area contributed by atoms with E-state index in [4.69, 9.17) is 10.5 Å². The zero-order valence-corrected chi connectivity index (χ0v) is 13.3. The number of hydrogen-bond acceptors (Lipinski definition) is 3. The summed E-state index contributed by atoms with van der Waals surface area (Å²) in [6.07, 6.45) is 1.76. The minimum Gasteiger partial charge on any atom is -0.367 e. The summed E-state index contributed by atoms with van der Waals surface area (Å²) in [5.41, 5.74) is 4.49. The monoisotopic (exact) mass is 338 g/mol. The Labute approximate surface area is 138 Å². The molecule has 1 saturated carbocycles. The SMILES string of the molecule is NC(=O)[C@@H]1CN(C(=O)C2(c3ccc(F)cc3F)CCCC2)CCO1. The molecule has 0 bridgehead atoms. The number of hydrogen-bond donors (Lipinski definition) is 1. The molecule has 2 fully saturated rings. The lowest BCUT2D eigenvalue weighted by molar-refractivity contribution is -0.149. The van der Waals surface area contributed by atoms with E-state index in [1.165, 1.54) is 17.0 Å². The molecule has 7 heteroatoms. The van der Waals surface area contributed by atoms with Gasteiger partial charge in [0.25, 0.3) is 0 Å². The van der Waals surface area contributed by atoms with Gasteiger partial charge in [0, 0.05) is 18.2 Å². The molecule has 24 heavy (non-hydrogen) atoms. The van der Waals surface area contributed by atoms with Gasteiger partial charge in [0.15, 0.2) is 6.10 Å². The molecule has 2 aliphatic rings. The van der Waals surface area contributed by atoms with E-state index in [1.807, 2.05) is 0 Å². The van der Waals surface area contributed by atoms with Crippen molar-refractivity contribution < 1.29 is 23.1 Å². The fourth-order valence-corrected chi connectivity index (χ4v) is 3.76. The van der Waals surface area contributed by atoms with Crippen LogP contribution in [0.1, 0.15) is 31.2 Å². The van der Waals surface area contributed by atoms with Crippen molar-refractivity contribution in [1.82, 2.24) is 4.90 Å². The van der Waals surface area contributed by atoms with E-state index in [0.717, 1.165) is 18.9 Å². The lowest BCUT2D eigenvalue weighted by Crippen LogP contribution is -2.55. The second-order valence-corrected chi connectivity index (χ2v) is 6.43. The number of carbonyl (C=O) groups is 2. The van der Waals surface area contributed by atoms with E-state index >= 15 is 0 Å². The van der Waals surface area contributed by atoms with E-state index in [1.54, 1.807) is 0 Å². The molecule has 0 aromatic heterocycles. The molecule has 3 rings (SSSR count). The first kappa shape index (κ1) is 16.8. The van der Waals surface area contributed by atoms with Crippen LogP contribution in [-0.2, 0) is 19.7 Å². The first-order valence-corrected chi connectivity index (χ1v) is 8.10. The van der Waals surface area contributed by atoms with Gasteiger partial charge in [0.1, 0.15) is 11.6 Å². The Morgan fingerprint density at radius 2 is 1.96 bits per heavy atom. The highest BCUT2D eigenvalue weighted by Gasteiger charge is 2.47. The van der Waals surface area contributed by atoms with Crippen LogP contribution in [0.5, 0.6) is 0 Å². The van der Waals surface area contributed by atoms with Gasteiger partial charge in [-0.15, -0.1) is 0 Å². The molecule has 1 aliphatic heterocycles. The maximum atomic E-state index is 14.4. The van der Waals surface area contributed by atoms with E-state index in [2.05, 4.69) is 0 Å². The molecule has 130 valence electrons. The Morgan fingerprint density at radius 3 is 2.58 bits per heavy atom. The summed E-state index contributed by atoms with van der Waals surface area (Å²) in [5, 5.41) is 0. The number of ether oxygens (including phenoxy) is 1. The molecular formula is C17H20F2N2O3. The third kappa shape index (κ3) is 2.88. The molecule has 5 nitrogen and oxygen atoms in total. The summed E-state index contributed by atoms with van der Waals surface area (Å²) in [7, 11) is 0. The molecule has 0 spiro atoms. The van der Waals surface area contributed by atoms with Crippen LogP contribution in [0, 0.1) is 11.6 Å². The smallest absolute Gasteiger partial charge is 0.248 e. The van der Waals surface area contributed by atoms with Crippen molar-refractivity contribution in [2.75, 3.05) is 19.7 Å². The minimum atomic E-state index is -1.00. The average molecular weight is 338 g/mol. The molecule has 1 saturated heterocycles. The highest BCUT2D eigenvalue weighted by Crippen LogP contribution is 2.44. The molecule has 1 aliphatic carbocycles. The van der Waals surface area contributed by atoms with Crippen LogP contribution in [-0.4, -0.2) is 42.5 Å². The van der Waals surface area contributed by atoms with Gasteiger partial charge in [-0.2, -0.15) is 0 Å². The Bertz CT molecular complexity index is 659. The van der Waals surface area contributed by atoms with Crippen molar-refractivity contribution in [3.05, 3.63) is 35.4 Å². The largest absolute Gasteiger partial charge is 0.367 e. The molecular weight excluding hydrogens is 318 g/mol. The van der Waals surface area contributed by atoms with Crippen molar-refractivity contribution >= 4 is 11.8 Å². The summed E-state index contributed by atoms with van der Waals surface area (Å²) < 4.78 is 32.9. The molecule has 2 amide bonds. The van der Waals surface area contributed by atoms with Gasteiger partial charge in [-0.3, -0.25) is 9.59 Å². The zero-order valence-electron chi connectivity index (χ0n) is 13.3. The maximum absolute atomic E-state index is 14.4. The van der Waals surface area contributed by atoms with Crippen LogP contribution in [0.15, 0.2) is 18.2 Å². The predicted octanol–water partition coefficient (Wildman–Crippen LogP) is 1.49. The average Bonchev–Trinajstić information content (AvgIpc) is 3.05. The van der Waals surface area contributed by atoms with Crippen molar-refractivity contribution in [1.29, 1.82) is 0 Å².